The molecule has 94 valence electrons. The van der Waals surface area contributed by atoms with Gasteiger partial charge in [0, 0.05) is 24.1 Å². The second-order valence-electron chi connectivity index (χ2n) is 5.55. The summed E-state index contributed by atoms with van der Waals surface area (Å²) in [4.78, 5) is 0. The molecular weight excluding hydrogens is 217 g/mol. The van der Waals surface area contributed by atoms with Crippen molar-refractivity contribution in [1.82, 2.24) is 5.32 Å². The smallest absolute Gasteiger partial charge is 0.123 e. The molecule has 2 atom stereocenters. The van der Waals surface area contributed by atoms with Gasteiger partial charge in [0.1, 0.15) is 5.82 Å². The molecule has 0 aromatic heterocycles. The summed E-state index contributed by atoms with van der Waals surface area (Å²) < 4.78 is 13.2. The van der Waals surface area contributed by atoms with Crippen LogP contribution in [0.25, 0.3) is 0 Å². The molecule has 1 aromatic carbocycles. The van der Waals surface area contributed by atoms with E-state index in [9.17, 15) is 9.50 Å². The average molecular weight is 237 g/mol. The Morgan fingerprint density at radius 3 is 2.82 bits per heavy atom. The topological polar surface area (TPSA) is 32.3 Å². The molecule has 0 radical (unpaired) electrons. The van der Waals surface area contributed by atoms with E-state index in [0.29, 0.717) is 6.04 Å². The Kier molecular flexibility index (Phi) is 3.50. The Bertz CT molecular complexity index is 392. The molecule has 0 bridgehead atoms. The van der Waals surface area contributed by atoms with Crippen LogP contribution in [0.2, 0.25) is 0 Å². The van der Waals surface area contributed by atoms with Crippen molar-refractivity contribution in [2.75, 3.05) is 6.61 Å². The molecule has 0 spiro atoms. The second-order valence-corrected chi connectivity index (χ2v) is 5.55. The highest BCUT2D eigenvalue weighted by atomic mass is 19.1. The Hall–Kier alpha value is -0.930. The lowest BCUT2D eigenvalue weighted by atomic mass is 9.84. The van der Waals surface area contributed by atoms with E-state index in [-0.39, 0.29) is 23.9 Å². The summed E-state index contributed by atoms with van der Waals surface area (Å²) in [7, 11) is 0. The van der Waals surface area contributed by atoms with Gasteiger partial charge in [-0.05, 0) is 30.5 Å². The third-order valence-electron chi connectivity index (χ3n) is 3.75. The fourth-order valence-electron chi connectivity index (χ4n) is 2.46. The molecule has 17 heavy (non-hydrogen) atoms. The molecule has 2 nitrogen and oxygen atoms in total. The maximum atomic E-state index is 13.2. The number of halogens is 1. The first-order chi connectivity index (χ1) is 8.03. The van der Waals surface area contributed by atoms with Crippen LogP contribution < -0.4 is 5.32 Å². The van der Waals surface area contributed by atoms with Crippen LogP contribution in [0.5, 0.6) is 0 Å². The summed E-state index contributed by atoms with van der Waals surface area (Å²) in [6, 6.07) is 7.26. The number of hydrogen-bond acceptors (Lipinski definition) is 2. The maximum Gasteiger partial charge on any atom is 0.123 e. The van der Waals surface area contributed by atoms with Crippen LogP contribution in [0.3, 0.4) is 0 Å². The molecule has 0 amide bonds. The number of aliphatic hydroxyl groups is 1. The zero-order chi connectivity index (χ0) is 12.5. The monoisotopic (exact) mass is 237 g/mol. The third kappa shape index (κ3) is 2.67. The Balaban J connectivity index is 2.08. The van der Waals surface area contributed by atoms with E-state index in [4.69, 9.17) is 0 Å². The van der Waals surface area contributed by atoms with Crippen LogP contribution in [0.4, 0.5) is 4.39 Å². The molecule has 2 N–H and O–H groups in total. The van der Waals surface area contributed by atoms with Crippen molar-refractivity contribution in [3.05, 3.63) is 35.6 Å². The van der Waals surface area contributed by atoms with E-state index in [1.807, 2.05) is 6.07 Å². The van der Waals surface area contributed by atoms with Crippen molar-refractivity contribution >= 4 is 0 Å². The highest BCUT2D eigenvalue weighted by Crippen LogP contribution is 2.34. The summed E-state index contributed by atoms with van der Waals surface area (Å²) >= 11 is 0. The van der Waals surface area contributed by atoms with Crippen molar-refractivity contribution in [3.63, 3.8) is 0 Å². The third-order valence-corrected chi connectivity index (χ3v) is 3.75. The predicted octanol–water partition coefficient (Wildman–Crippen LogP) is 2.64. The van der Waals surface area contributed by atoms with E-state index in [0.717, 1.165) is 18.4 Å². The van der Waals surface area contributed by atoms with Gasteiger partial charge >= 0.3 is 0 Å². The van der Waals surface area contributed by atoms with Crippen molar-refractivity contribution in [2.24, 2.45) is 5.41 Å². The molecule has 2 rings (SSSR count). The van der Waals surface area contributed by atoms with Crippen molar-refractivity contribution in [2.45, 2.75) is 38.8 Å². The minimum Gasteiger partial charge on any atom is -0.396 e. The summed E-state index contributed by atoms with van der Waals surface area (Å²) in [5, 5.41) is 12.9. The lowest BCUT2D eigenvalue weighted by molar-refractivity contribution is 0.122. The van der Waals surface area contributed by atoms with Crippen LogP contribution in [0, 0.1) is 11.2 Å². The van der Waals surface area contributed by atoms with Gasteiger partial charge in [0.25, 0.3) is 0 Å². The molecular formula is C14H20FNO. The molecule has 0 saturated carbocycles. The lowest BCUT2D eigenvalue weighted by Crippen LogP contribution is -2.40. The number of hydrogen-bond donors (Lipinski definition) is 2. The van der Waals surface area contributed by atoms with Gasteiger partial charge in [-0.25, -0.2) is 4.39 Å². The molecule has 1 fully saturated rings. The molecule has 0 aliphatic carbocycles. The summed E-state index contributed by atoms with van der Waals surface area (Å²) in [5.74, 6) is -0.186. The molecule has 1 aromatic rings. The van der Waals surface area contributed by atoms with Crippen molar-refractivity contribution in [1.29, 1.82) is 0 Å². The molecule has 1 aliphatic heterocycles. The van der Waals surface area contributed by atoms with Gasteiger partial charge in [-0.15, -0.1) is 0 Å². The first kappa shape index (κ1) is 12.5. The van der Waals surface area contributed by atoms with Crippen LogP contribution >= 0.6 is 0 Å². The quantitative estimate of drug-likeness (QED) is 0.847. The number of rotatable bonds is 3. The van der Waals surface area contributed by atoms with Crippen LogP contribution in [-0.4, -0.2) is 17.8 Å². The van der Waals surface area contributed by atoms with Gasteiger partial charge in [0.2, 0.25) is 0 Å². The fourth-order valence-corrected chi connectivity index (χ4v) is 2.46. The molecule has 1 saturated heterocycles. The second kappa shape index (κ2) is 4.75. The molecule has 1 unspecified atom stereocenters. The summed E-state index contributed by atoms with van der Waals surface area (Å²) in [5.41, 5.74) is 0.878. The van der Waals surface area contributed by atoms with E-state index < -0.39 is 0 Å². The van der Waals surface area contributed by atoms with Gasteiger partial charge < -0.3 is 10.4 Å². The summed E-state index contributed by atoms with van der Waals surface area (Å²) in [6.45, 7) is 4.28. The highest BCUT2D eigenvalue weighted by Gasteiger charge is 2.35. The van der Waals surface area contributed by atoms with E-state index in [1.54, 1.807) is 12.1 Å². The van der Waals surface area contributed by atoms with E-state index in [2.05, 4.69) is 19.2 Å². The van der Waals surface area contributed by atoms with Crippen LogP contribution in [-0.2, 0) is 0 Å². The van der Waals surface area contributed by atoms with E-state index >= 15 is 0 Å². The van der Waals surface area contributed by atoms with Gasteiger partial charge in [0.05, 0.1) is 0 Å². The number of nitrogens with one attached hydrogen (secondary N) is 1. The Labute approximate surface area is 102 Å². The van der Waals surface area contributed by atoms with Crippen molar-refractivity contribution < 1.29 is 9.50 Å². The maximum absolute atomic E-state index is 13.2. The number of benzene rings is 1. The van der Waals surface area contributed by atoms with Gasteiger partial charge in [-0.3, -0.25) is 0 Å². The zero-order valence-corrected chi connectivity index (χ0v) is 10.4. The Morgan fingerprint density at radius 1 is 1.41 bits per heavy atom. The highest BCUT2D eigenvalue weighted by molar-refractivity contribution is 5.21. The number of aliphatic hydroxyl groups excluding tert-OH is 1. The standard InChI is InChI=1S/C14H20FNO/c1-14(2,9-17)13-7-6-12(16-13)10-4-3-5-11(15)8-10/h3-5,8,12-13,16-17H,6-7,9H2,1-2H3/t12-,13?/m0/s1. The van der Waals surface area contributed by atoms with E-state index in [1.165, 1.54) is 6.07 Å². The van der Waals surface area contributed by atoms with Crippen molar-refractivity contribution in [3.8, 4) is 0 Å². The predicted molar refractivity (Wildman–Crippen MR) is 66.2 cm³/mol. The SMILES string of the molecule is CC(C)(CO)C1CC[C@@H](c2cccc(F)c2)N1. The average Bonchev–Trinajstić information content (AvgIpc) is 2.79. The first-order valence-electron chi connectivity index (χ1n) is 6.15. The largest absolute Gasteiger partial charge is 0.396 e. The summed E-state index contributed by atoms with van der Waals surface area (Å²) in [6.07, 6.45) is 2.02. The minimum absolute atomic E-state index is 0.123. The lowest BCUT2D eigenvalue weighted by Gasteiger charge is -2.30. The zero-order valence-electron chi connectivity index (χ0n) is 10.4. The fraction of sp³-hybridized carbons (Fsp3) is 0.571. The minimum atomic E-state index is -0.186. The van der Waals surface area contributed by atoms with Gasteiger partial charge in [0.15, 0.2) is 0 Å². The molecule has 1 heterocycles. The van der Waals surface area contributed by atoms with Gasteiger partial charge in [-0.2, -0.15) is 0 Å². The first-order valence-corrected chi connectivity index (χ1v) is 6.15. The molecule has 1 aliphatic rings. The van der Waals surface area contributed by atoms with Crippen LogP contribution in [0.15, 0.2) is 24.3 Å². The Morgan fingerprint density at radius 2 is 2.18 bits per heavy atom. The molecule has 3 heteroatoms. The van der Waals surface area contributed by atoms with Crippen LogP contribution in [0.1, 0.15) is 38.3 Å². The normalized spacial score (nSPS) is 25.2. The van der Waals surface area contributed by atoms with Gasteiger partial charge in [-0.1, -0.05) is 26.0 Å².